The molecule has 0 aromatic heterocycles. The van der Waals surface area contributed by atoms with E-state index in [2.05, 4.69) is 0 Å². The van der Waals surface area contributed by atoms with Crippen LogP contribution >= 0.6 is 11.6 Å². The van der Waals surface area contributed by atoms with Crippen LogP contribution in [0, 0.1) is 0 Å². The van der Waals surface area contributed by atoms with Gasteiger partial charge in [0, 0.05) is 0 Å². The van der Waals surface area contributed by atoms with Crippen molar-refractivity contribution in [3.63, 3.8) is 0 Å². The summed E-state index contributed by atoms with van der Waals surface area (Å²) in [5, 5.41) is 9.15. The van der Waals surface area contributed by atoms with Crippen LogP contribution in [-0.2, 0) is 6.18 Å². The van der Waals surface area contributed by atoms with E-state index < -0.39 is 23.3 Å². The first-order valence-corrected chi connectivity index (χ1v) is 6.04. The number of hydrogen-bond acceptors (Lipinski definition) is 2. The second-order valence-electron chi connectivity index (χ2n) is 4.04. The molecule has 1 N–H and O–H groups in total. The van der Waals surface area contributed by atoms with E-state index in [1.807, 2.05) is 0 Å². The van der Waals surface area contributed by atoms with Crippen molar-refractivity contribution in [2.75, 3.05) is 0 Å². The first kappa shape index (κ1) is 15.2. The molecule has 0 aliphatic rings. The summed E-state index contributed by atoms with van der Waals surface area (Å²) in [6.45, 7) is 0. The molecule has 0 unspecified atom stereocenters. The molecule has 0 aliphatic heterocycles. The molecular formula is C14H8ClF3O3. The normalized spacial score (nSPS) is 11.2. The van der Waals surface area contributed by atoms with E-state index >= 15 is 0 Å². The maximum Gasteiger partial charge on any atom is 0.417 e. The van der Waals surface area contributed by atoms with E-state index in [0.717, 1.165) is 12.1 Å². The molecule has 0 amide bonds. The zero-order valence-corrected chi connectivity index (χ0v) is 11.1. The minimum Gasteiger partial charge on any atom is -0.478 e. The Kier molecular flexibility index (Phi) is 4.09. The standard InChI is InChI=1S/C14H8ClF3O3/c15-11-3-1-2-4-12(11)21-8-5-6-10(14(16,17)18)9(7-8)13(19)20/h1-7H,(H,19,20). The van der Waals surface area contributed by atoms with E-state index in [1.54, 1.807) is 18.2 Å². The smallest absolute Gasteiger partial charge is 0.417 e. The van der Waals surface area contributed by atoms with Gasteiger partial charge in [0.1, 0.15) is 11.5 Å². The van der Waals surface area contributed by atoms with Crippen molar-refractivity contribution in [3.8, 4) is 11.5 Å². The fraction of sp³-hybridized carbons (Fsp3) is 0.0714. The van der Waals surface area contributed by atoms with E-state index in [9.17, 15) is 18.0 Å². The summed E-state index contributed by atoms with van der Waals surface area (Å²) < 4.78 is 43.4. The molecule has 0 fully saturated rings. The first-order chi connectivity index (χ1) is 9.79. The Morgan fingerprint density at radius 3 is 2.38 bits per heavy atom. The molecular weight excluding hydrogens is 309 g/mol. The van der Waals surface area contributed by atoms with Crippen LogP contribution in [0.2, 0.25) is 5.02 Å². The number of rotatable bonds is 3. The Morgan fingerprint density at radius 2 is 1.81 bits per heavy atom. The number of alkyl halides is 3. The van der Waals surface area contributed by atoms with Crippen molar-refractivity contribution in [3.05, 3.63) is 58.6 Å². The zero-order chi connectivity index (χ0) is 15.6. The summed E-state index contributed by atoms with van der Waals surface area (Å²) in [6.07, 6.45) is -4.75. The van der Waals surface area contributed by atoms with Gasteiger partial charge in [0.2, 0.25) is 0 Å². The lowest BCUT2D eigenvalue weighted by atomic mass is 10.1. The number of hydrogen-bond donors (Lipinski definition) is 1. The molecule has 21 heavy (non-hydrogen) atoms. The molecule has 0 bridgehead atoms. The summed E-state index contributed by atoms with van der Waals surface area (Å²) in [5.74, 6) is -1.52. The minimum absolute atomic E-state index is 0.0477. The van der Waals surface area contributed by atoms with Gasteiger partial charge in [0.15, 0.2) is 0 Å². The Bertz CT molecular complexity index is 683. The highest BCUT2D eigenvalue weighted by Crippen LogP contribution is 2.35. The van der Waals surface area contributed by atoms with Gasteiger partial charge in [-0.1, -0.05) is 23.7 Å². The summed E-state index contributed by atoms with van der Waals surface area (Å²) in [4.78, 5) is 11.0. The molecule has 0 heterocycles. The van der Waals surface area contributed by atoms with Crippen molar-refractivity contribution in [2.45, 2.75) is 6.18 Å². The molecule has 0 radical (unpaired) electrons. The summed E-state index contributed by atoms with van der Waals surface area (Å²) in [5.41, 5.74) is -2.12. The number of halogens is 4. The van der Waals surface area contributed by atoms with Gasteiger partial charge < -0.3 is 9.84 Å². The van der Waals surface area contributed by atoms with Crippen LogP contribution in [0.5, 0.6) is 11.5 Å². The predicted molar refractivity (Wildman–Crippen MR) is 69.9 cm³/mol. The number of ether oxygens (including phenoxy) is 1. The molecule has 7 heteroatoms. The highest BCUT2D eigenvalue weighted by Gasteiger charge is 2.35. The van der Waals surface area contributed by atoms with Crippen LogP contribution in [0.1, 0.15) is 15.9 Å². The number of carbonyl (C=O) groups is 1. The van der Waals surface area contributed by atoms with E-state index in [0.29, 0.717) is 6.07 Å². The van der Waals surface area contributed by atoms with Crippen molar-refractivity contribution >= 4 is 17.6 Å². The lowest BCUT2D eigenvalue weighted by molar-refractivity contribution is -0.138. The molecule has 0 atom stereocenters. The summed E-state index contributed by atoms with van der Waals surface area (Å²) >= 11 is 5.86. The lowest BCUT2D eigenvalue weighted by Crippen LogP contribution is -2.12. The summed E-state index contributed by atoms with van der Waals surface area (Å²) in [7, 11) is 0. The molecule has 2 aromatic carbocycles. The second kappa shape index (κ2) is 5.65. The predicted octanol–water partition coefficient (Wildman–Crippen LogP) is 4.85. The SMILES string of the molecule is O=C(O)c1cc(Oc2ccccc2Cl)ccc1C(F)(F)F. The molecule has 2 rings (SSSR count). The third-order valence-corrected chi connectivity index (χ3v) is 2.90. The average molecular weight is 317 g/mol. The van der Waals surface area contributed by atoms with Crippen LogP contribution in [0.4, 0.5) is 13.2 Å². The third kappa shape index (κ3) is 3.46. The fourth-order valence-electron chi connectivity index (χ4n) is 1.67. The van der Waals surface area contributed by atoms with Gasteiger partial charge in [0.25, 0.3) is 0 Å². The Balaban J connectivity index is 2.42. The number of para-hydroxylation sites is 1. The van der Waals surface area contributed by atoms with E-state index in [-0.39, 0.29) is 16.5 Å². The first-order valence-electron chi connectivity index (χ1n) is 5.66. The molecule has 0 saturated carbocycles. The van der Waals surface area contributed by atoms with Crippen molar-refractivity contribution in [2.24, 2.45) is 0 Å². The van der Waals surface area contributed by atoms with Crippen molar-refractivity contribution in [1.82, 2.24) is 0 Å². The van der Waals surface area contributed by atoms with Crippen LogP contribution < -0.4 is 4.74 Å². The quantitative estimate of drug-likeness (QED) is 0.880. The number of benzene rings is 2. The maximum absolute atomic E-state index is 12.7. The highest BCUT2D eigenvalue weighted by atomic mass is 35.5. The van der Waals surface area contributed by atoms with Crippen LogP contribution in [0.3, 0.4) is 0 Å². The van der Waals surface area contributed by atoms with Gasteiger partial charge in [-0.3, -0.25) is 0 Å². The van der Waals surface area contributed by atoms with Gasteiger partial charge in [-0.25, -0.2) is 4.79 Å². The van der Waals surface area contributed by atoms with E-state index in [1.165, 1.54) is 6.07 Å². The zero-order valence-electron chi connectivity index (χ0n) is 10.3. The van der Waals surface area contributed by atoms with Gasteiger partial charge in [-0.15, -0.1) is 0 Å². The van der Waals surface area contributed by atoms with E-state index in [4.69, 9.17) is 21.4 Å². The minimum atomic E-state index is -4.75. The fourth-order valence-corrected chi connectivity index (χ4v) is 1.84. The monoisotopic (exact) mass is 316 g/mol. The number of carboxylic acid groups (broad SMARTS) is 1. The van der Waals surface area contributed by atoms with Gasteiger partial charge >= 0.3 is 12.1 Å². The Labute approximate surface area is 122 Å². The highest BCUT2D eigenvalue weighted by molar-refractivity contribution is 6.32. The van der Waals surface area contributed by atoms with Gasteiger partial charge in [-0.2, -0.15) is 13.2 Å². The second-order valence-corrected chi connectivity index (χ2v) is 4.45. The van der Waals surface area contributed by atoms with Crippen LogP contribution in [-0.4, -0.2) is 11.1 Å². The lowest BCUT2D eigenvalue weighted by Gasteiger charge is -2.13. The van der Waals surface area contributed by atoms with Crippen LogP contribution in [0.25, 0.3) is 0 Å². The van der Waals surface area contributed by atoms with Crippen molar-refractivity contribution in [1.29, 1.82) is 0 Å². The average Bonchev–Trinajstić information content (AvgIpc) is 2.40. The topological polar surface area (TPSA) is 46.5 Å². The molecule has 0 saturated heterocycles. The molecule has 0 spiro atoms. The number of carboxylic acids is 1. The van der Waals surface area contributed by atoms with Gasteiger partial charge in [-0.05, 0) is 30.3 Å². The molecule has 110 valence electrons. The van der Waals surface area contributed by atoms with Gasteiger partial charge in [0.05, 0.1) is 16.1 Å². The Morgan fingerprint density at radius 1 is 1.14 bits per heavy atom. The van der Waals surface area contributed by atoms with Crippen LogP contribution in [0.15, 0.2) is 42.5 Å². The number of aromatic carboxylic acids is 1. The molecule has 2 aromatic rings. The Hall–Kier alpha value is -2.21. The summed E-state index contributed by atoms with van der Waals surface area (Å²) in [6, 6.07) is 8.86. The molecule has 0 aliphatic carbocycles. The van der Waals surface area contributed by atoms with Crippen molar-refractivity contribution < 1.29 is 27.8 Å². The molecule has 3 nitrogen and oxygen atoms in total. The maximum atomic E-state index is 12.7. The third-order valence-electron chi connectivity index (χ3n) is 2.59. The largest absolute Gasteiger partial charge is 0.478 e.